The van der Waals surface area contributed by atoms with Crippen molar-refractivity contribution in [2.75, 3.05) is 6.54 Å². The molecule has 0 heterocycles. The van der Waals surface area contributed by atoms with Crippen molar-refractivity contribution in [2.45, 2.75) is 60.0 Å². The van der Waals surface area contributed by atoms with E-state index in [0.717, 1.165) is 6.42 Å². The Kier molecular flexibility index (Phi) is 6.65. The topological polar surface area (TPSA) is 49.3 Å². The lowest BCUT2D eigenvalue weighted by Gasteiger charge is -2.22. The Hall–Kier alpha value is -0.570. The standard InChI is InChI=1S/C13H27NO2/c1-6-10(8-11(15)7-2)12(16)14-9-13(3,4)5/h10-11,15H,6-9H2,1-5H3,(H,14,16). The molecule has 0 aromatic carbocycles. The van der Waals surface area contributed by atoms with Crippen molar-refractivity contribution in [3.63, 3.8) is 0 Å². The Morgan fingerprint density at radius 3 is 2.19 bits per heavy atom. The van der Waals surface area contributed by atoms with Crippen LogP contribution in [-0.4, -0.2) is 23.7 Å². The van der Waals surface area contributed by atoms with Gasteiger partial charge in [-0.25, -0.2) is 0 Å². The fraction of sp³-hybridized carbons (Fsp3) is 0.923. The Bertz CT molecular complexity index is 208. The van der Waals surface area contributed by atoms with Crippen LogP contribution in [-0.2, 0) is 4.79 Å². The summed E-state index contributed by atoms with van der Waals surface area (Å²) in [7, 11) is 0. The molecule has 2 N–H and O–H groups in total. The van der Waals surface area contributed by atoms with E-state index in [-0.39, 0.29) is 23.3 Å². The molecule has 0 aromatic rings. The van der Waals surface area contributed by atoms with E-state index in [1.807, 2.05) is 13.8 Å². The van der Waals surface area contributed by atoms with Gasteiger partial charge in [-0.05, 0) is 24.7 Å². The van der Waals surface area contributed by atoms with Crippen LogP contribution in [0.4, 0.5) is 0 Å². The summed E-state index contributed by atoms with van der Waals surface area (Å²) in [6, 6.07) is 0. The fourth-order valence-electron chi connectivity index (χ4n) is 1.45. The predicted molar refractivity (Wildman–Crippen MR) is 67.2 cm³/mol. The van der Waals surface area contributed by atoms with Crippen molar-refractivity contribution < 1.29 is 9.90 Å². The lowest BCUT2D eigenvalue weighted by molar-refractivity contribution is -0.126. The third-order valence-corrected chi connectivity index (χ3v) is 2.68. The van der Waals surface area contributed by atoms with Gasteiger partial charge >= 0.3 is 0 Å². The zero-order chi connectivity index (χ0) is 12.8. The van der Waals surface area contributed by atoms with Crippen molar-refractivity contribution in [1.82, 2.24) is 5.32 Å². The summed E-state index contributed by atoms with van der Waals surface area (Å²) in [4.78, 5) is 11.9. The van der Waals surface area contributed by atoms with E-state index in [1.165, 1.54) is 0 Å². The Balaban J connectivity index is 4.11. The van der Waals surface area contributed by atoms with Crippen molar-refractivity contribution in [1.29, 1.82) is 0 Å². The molecule has 1 amide bonds. The van der Waals surface area contributed by atoms with Gasteiger partial charge in [-0.3, -0.25) is 4.79 Å². The molecule has 0 aliphatic rings. The molecule has 0 saturated carbocycles. The number of hydrogen-bond acceptors (Lipinski definition) is 2. The second kappa shape index (κ2) is 6.89. The second-order valence-electron chi connectivity index (χ2n) is 5.68. The Labute approximate surface area is 99.6 Å². The normalized spacial score (nSPS) is 15.6. The number of carbonyl (C=O) groups is 1. The first-order chi connectivity index (χ1) is 7.30. The molecule has 3 heteroatoms. The van der Waals surface area contributed by atoms with E-state index in [9.17, 15) is 9.90 Å². The smallest absolute Gasteiger partial charge is 0.223 e. The van der Waals surface area contributed by atoms with Gasteiger partial charge in [0, 0.05) is 12.5 Å². The molecule has 0 fully saturated rings. The van der Waals surface area contributed by atoms with E-state index in [0.29, 0.717) is 19.4 Å². The van der Waals surface area contributed by atoms with Gasteiger partial charge in [-0.1, -0.05) is 34.6 Å². The largest absolute Gasteiger partial charge is 0.393 e. The number of aliphatic hydroxyl groups excluding tert-OH is 1. The minimum absolute atomic E-state index is 0.0581. The summed E-state index contributed by atoms with van der Waals surface area (Å²) in [5.41, 5.74) is 0.108. The molecule has 0 bridgehead atoms. The highest BCUT2D eigenvalue weighted by Crippen LogP contribution is 2.15. The maximum Gasteiger partial charge on any atom is 0.223 e. The van der Waals surface area contributed by atoms with Crippen LogP contribution in [0.15, 0.2) is 0 Å². The van der Waals surface area contributed by atoms with Gasteiger partial charge in [0.25, 0.3) is 0 Å². The van der Waals surface area contributed by atoms with Crippen molar-refractivity contribution in [2.24, 2.45) is 11.3 Å². The molecule has 16 heavy (non-hydrogen) atoms. The minimum Gasteiger partial charge on any atom is -0.393 e. The summed E-state index contributed by atoms with van der Waals surface area (Å²) < 4.78 is 0. The molecule has 0 aliphatic heterocycles. The first kappa shape index (κ1) is 15.4. The molecule has 0 aliphatic carbocycles. The van der Waals surface area contributed by atoms with Crippen LogP contribution < -0.4 is 5.32 Å². The molecule has 0 aromatic heterocycles. The molecule has 2 atom stereocenters. The molecular weight excluding hydrogens is 202 g/mol. The van der Waals surface area contributed by atoms with E-state index >= 15 is 0 Å². The predicted octanol–water partition coefficient (Wildman–Crippen LogP) is 2.34. The molecule has 0 rings (SSSR count). The SMILES string of the molecule is CCC(O)CC(CC)C(=O)NCC(C)(C)C. The van der Waals surface area contributed by atoms with Crippen LogP contribution in [0.5, 0.6) is 0 Å². The number of nitrogens with one attached hydrogen (secondary N) is 1. The highest BCUT2D eigenvalue weighted by molar-refractivity contribution is 5.78. The molecule has 2 unspecified atom stereocenters. The lowest BCUT2D eigenvalue weighted by Crippen LogP contribution is -2.37. The summed E-state index contributed by atoms with van der Waals surface area (Å²) >= 11 is 0. The molecule has 0 spiro atoms. The Morgan fingerprint density at radius 1 is 1.25 bits per heavy atom. The summed E-state index contributed by atoms with van der Waals surface area (Å²) in [5, 5.41) is 12.5. The van der Waals surface area contributed by atoms with E-state index in [1.54, 1.807) is 0 Å². The number of hydrogen-bond donors (Lipinski definition) is 2. The van der Waals surface area contributed by atoms with Crippen molar-refractivity contribution in [3.8, 4) is 0 Å². The van der Waals surface area contributed by atoms with Crippen molar-refractivity contribution >= 4 is 5.91 Å². The molecule has 0 radical (unpaired) electrons. The van der Waals surface area contributed by atoms with Gasteiger partial charge < -0.3 is 10.4 Å². The molecular formula is C13H27NO2. The summed E-state index contributed by atoms with van der Waals surface area (Å²) in [6.07, 6.45) is 1.71. The maximum absolute atomic E-state index is 11.9. The van der Waals surface area contributed by atoms with Crippen LogP contribution in [0.3, 0.4) is 0 Å². The molecule has 3 nitrogen and oxygen atoms in total. The van der Waals surface area contributed by atoms with E-state index < -0.39 is 0 Å². The fourth-order valence-corrected chi connectivity index (χ4v) is 1.45. The van der Waals surface area contributed by atoms with Crippen LogP contribution in [0, 0.1) is 11.3 Å². The van der Waals surface area contributed by atoms with Crippen LogP contribution >= 0.6 is 0 Å². The average molecular weight is 229 g/mol. The van der Waals surface area contributed by atoms with Gasteiger partial charge in [0.1, 0.15) is 0 Å². The van der Waals surface area contributed by atoms with Gasteiger partial charge in [-0.15, -0.1) is 0 Å². The average Bonchev–Trinajstić information content (AvgIpc) is 2.21. The Morgan fingerprint density at radius 2 is 1.81 bits per heavy atom. The first-order valence-electron chi connectivity index (χ1n) is 6.26. The molecule has 96 valence electrons. The van der Waals surface area contributed by atoms with Crippen LogP contribution in [0.2, 0.25) is 0 Å². The third-order valence-electron chi connectivity index (χ3n) is 2.68. The highest BCUT2D eigenvalue weighted by Gasteiger charge is 2.21. The molecule has 0 saturated heterocycles. The van der Waals surface area contributed by atoms with E-state index in [4.69, 9.17) is 0 Å². The van der Waals surface area contributed by atoms with E-state index in [2.05, 4.69) is 26.1 Å². The number of rotatable bonds is 6. The zero-order valence-corrected chi connectivity index (χ0v) is 11.3. The number of carbonyl (C=O) groups excluding carboxylic acids is 1. The van der Waals surface area contributed by atoms with Crippen LogP contribution in [0.1, 0.15) is 53.9 Å². The van der Waals surface area contributed by atoms with Crippen LogP contribution in [0.25, 0.3) is 0 Å². The third kappa shape index (κ3) is 6.83. The van der Waals surface area contributed by atoms with Gasteiger partial charge in [-0.2, -0.15) is 0 Å². The quantitative estimate of drug-likeness (QED) is 0.734. The number of aliphatic hydroxyl groups is 1. The minimum atomic E-state index is -0.356. The summed E-state index contributed by atoms with van der Waals surface area (Å²) in [6.45, 7) is 10.9. The zero-order valence-electron chi connectivity index (χ0n) is 11.3. The first-order valence-corrected chi connectivity index (χ1v) is 6.26. The van der Waals surface area contributed by atoms with Gasteiger partial charge in [0.2, 0.25) is 5.91 Å². The van der Waals surface area contributed by atoms with Gasteiger partial charge in [0.15, 0.2) is 0 Å². The summed E-state index contributed by atoms with van der Waals surface area (Å²) in [5.74, 6) is 0.0159. The monoisotopic (exact) mass is 229 g/mol. The number of amides is 1. The second-order valence-corrected chi connectivity index (χ2v) is 5.68. The lowest BCUT2D eigenvalue weighted by atomic mass is 9.94. The maximum atomic E-state index is 11.9. The van der Waals surface area contributed by atoms with Gasteiger partial charge in [0.05, 0.1) is 6.10 Å². The van der Waals surface area contributed by atoms with Crippen molar-refractivity contribution in [3.05, 3.63) is 0 Å². The highest BCUT2D eigenvalue weighted by atomic mass is 16.3.